The molecule has 0 amide bonds. The number of aromatic carboxylic acids is 1. The molecule has 1 aromatic rings. The molecule has 0 aliphatic rings. The highest BCUT2D eigenvalue weighted by molar-refractivity contribution is 7.89. The molecular weight excluding hydrogens is 266 g/mol. The Morgan fingerprint density at radius 3 is 2.32 bits per heavy atom. The van der Waals surface area contributed by atoms with E-state index in [0.29, 0.717) is 12.1 Å². The van der Waals surface area contributed by atoms with Crippen molar-refractivity contribution >= 4 is 16.0 Å². The van der Waals surface area contributed by atoms with Crippen LogP contribution in [0.25, 0.3) is 0 Å². The molecule has 1 aromatic carbocycles. The van der Waals surface area contributed by atoms with Crippen molar-refractivity contribution in [2.45, 2.75) is 32.6 Å². The molecule has 0 aliphatic heterocycles. The molecule has 0 spiro atoms. The first kappa shape index (κ1) is 15.7. The highest BCUT2D eigenvalue weighted by atomic mass is 32.2. The monoisotopic (exact) mass is 285 g/mol. The van der Waals surface area contributed by atoms with Gasteiger partial charge in [-0.1, -0.05) is 20.8 Å². The van der Waals surface area contributed by atoms with Crippen LogP contribution >= 0.6 is 0 Å². The number of carboxylic acids is 1. The van der Waals surface area contributed by atoms with Gasteiger partial charge in [-0.05, 0) is 36.1 Å². The molecule has 0 aliphatic carbocycles. The first-order chi connectivity index (χ1) is 8.53. The fourth-order valence-electron chi connectivity index (χ4n) is 1.44. The summed E-state index contributed by atoms with van der Waals surface area (Å²) in [6.45, 7) is 7.66. The second kappa shape index (κ2) is 5.30. The number of nitrogens with one attached hydrogen (secondary N) is 1. The number of rotatable bonds is 4. The minimum Gasteiger partial charge on any atom is -0.478 e. The number of carboxylic acid groups (broad SMARTS) is 1. The molecule has 0 saturated carbocycles. The summed E-state index contributed by atoms with van der Waals surface area (Å²) in [5, 5.41) is 8.90. The van der Waals surface area contributed by atoms with E-state index in [0.717, 1.165) is 0 Å². The van der Waals surface area contributed by atoms with E-state index in [1.807, 2.05) is 20.8 Å². The number of sulfonamides is 1. The molecule has 0 fully saturated rings. The molecule has 0 saturated heterocycles. The van der Waals surface area contributed by atoms with Crippen LogP contribution < -0.4 is 4.72 Å². The van der Waals surface area contributed by atoms with Gasteiger partial charge < -0.3 is 5.11 Å². The lowest BCUT2D eigenvalue weighted by Gasteiger charge is -2.19. The Morgan fingerprint density at radius 2 is 1.89 bits per heavy atom. The van der Waals surface area contributed by atoms with Crippen molar-refractivity contribution < 1.29 is 18.3 Å². The van der Waals surface area contributed by atoms with Gasteiger partial charge in [0.15, 0.2) is 0 Å². The second-order valence-corrected chi connectivity index (χ2v) is 7.43. The van der Waals surface area contributed by atoms with Gasteiger partial charge in [-0.25, -0.2) is 17.9 Å². The summed E-state index contributed by atoms with van der Waals surface area (Å²) in [6.07, 6.45) is 0. The average molecular weight is 285 g/mol. The number of hydrogen-bond donors (Lipinski definition) is 2. The zero-order chi connectivity index (χ0) is 14.8. The number of aryl methyl sites for hydroxylation is 1. The molecule has 106 valence electrons. The van der Waals surface area contributed by atoms with Crippen LogP contribution in [0, 0.1) is 12.3 Å². The lowest BCUT2D eigenvalue weighted by molar-refractivity contribution is 0.0696. The minimum atomic E-state index is -3.60. The van der Waals surface area contributed by atoms with Crippen molar-refractivity contribution in [3.05, 3.63) is 29.3 Å². The highest BCUT2D eigenvalue weighted by Gasteiger charge is 2.19. The Hall–Kier alpha value is -1.40. The van der Waals surface area contributed by atoms with E-state index < -0.39 is 16.0 Å². The van der Waals surface area contributed by atoms with Gasteiger partial charge in [-0.3, -0.25) is 0 Å². The van der Waals surface area contributed by atoms with Crippen LogP contribution in [0.5, 0.6) is 0 Å². The van der Waals surface area contributed by atoms with Crippen LogP contribution in [0.3, 0.4) is 0 Å². The Morgan fingerprint density at radius 1 is 1.32 bits per heavy atom. The number of benzene rings is 1. The number of carbonyl (C=O) groups is 1. The van der Waals surface area contributed by atoms with Crippen LogP contribution in [0.2, 0.25) is 0 Å². The topological polar surface area (TPSA) is 83.5 Å². The van der Waals surface area contributed by atoms with Crippen LogP contribution in [0.1, 0.15) is 36.7 Å². The highest BCUT2D eigenvalue weighted by Crippen LogP contribution is 2.17. The molecule has 5 nitrogen and oxygen atoms in total. The SMILES string of the molecule is Cc1cc(S(=O)(=O)NCC(C)(C)C)ccc1C(=O)O. The Bertz CT molecular complexity index is 585. The largest absolute Gasteiger partial charge is 0.478 e. The van der Waals surface area contributed by atoms with Crippen molar-refractivity contribution in [1.29, 1.82) is 0 Å². The van der Waals surface area contributed by atoms with Gasteiger partial charge in [-0.2, -0.15) is 0 Å². The molecule has 0 aromatic heterocycles. The van der Waals surface area contributed by atoms with Gasteiger partial charge >= 0.3 is 5.97 Å². The fraction of sp³-hybridized carbons (Fsp3) is 0.462. The molecule has 0 radical (unpaired) electrons. The van der Waals surface area contributed by atoms with E-state index >= 15 is 0 Å². The smallest absolute Gasteiger partial charge is 0.335 e. The van der Waals surface area contributed by atoms with E-state index in [9.17, 15) is 13.2 Å². The summed E-state index contributed by atoms with van der Waals surface area (Å²) in [4.78, 5) is 11.0. The van der Waals surface area contributed by atoms with Gasteiger partial charge in [0.25, 0.3) is 0 Å². The molecule has 0 bridgehead atoms. The second-order valence-electron chi connectivity index (χ2n) is 5.67. The van der Waals surface area contributed by atoms with Crippen LogP contribution in [0.15, 0.2) is 23.1 Å². The van der Waals surface area contributed by atoms with Gasteiger partial charge in [0.1, 0.15) is 0 Å². The average Bonchev–Trinajstić information content (AvgIpc) is 2.25. The maximum Gasteiger partial charge on any atom is 0.335 e. The van der Waals surface area contributed by atoms with Gasteiger partial charge in [0, 0.05) is 6.54 Å². The van der Waals surface area contributed by atoms with E-state index in [2.05, 4.69) is 4.72 Å². The zero-order valence-electron chi connectivity index (χ0n) is 11.5. The fourth-order valence-corrected chi connectivity index (χ4v) is 2.81. The lowest BCUT2D eigenvalue weighted by atomic mass is 9.98. The molecule has 19 heavy (non-hydrogen) atoms. The summed E-state index contributed by atoms with van der Waals surface area (Å²) in [6, 6.07) is 3.99. The molecule has 6 heteroatoms. The first-order valence-corrected chi connectivity index (χ1v) is 7.35. The van der Waals surface area contributed by atoms with Crippen LogP contribution in [-0.2, 0) is 10.0 Å². The van der Waals surface area contributed by atoms with E-state index in [1.165, 1.54) is 18.2 Å². The van der Waals surface area contributed by atoms with Crippen LogP contribution in [-0.4, -0.2) is 26.0 Å². The summed E-state index contributed by atoms with van der Waals surface area (Å²) in [5.74, 6) is -1.07. The molecule has 1 rings (SSSR count). The van der Waals surface area contributed by atoms with Crippen molar-refractivity contribution in [2.75, 3.05) is 6.54 Å². The Kier molecular flexibility index (Phi) is 4.37. The van der Waals surface area contributed by atoms with Gasteiger partial charge in [0.2, 0.25) is 10.0 Å². The van der Waals surface area contributed by atoms with Gasteiger partial charge in [0.05, 0.1) is 10.5 Å². The Labute approximate surface area is 113 Å². The van der Waals surface area contributed by atoms with Crippen molar-refractivity contribution in [1.82, 2.24) is 4.72 Å². The molecule has 2 N–H and O–H groups in total. The summed E-state index contributed by atoms with van der Waals surface area (Å²) >= 11 is 0. The predicted molar refractivity (Wildman–Crippen MR) is 72.8 cm³/mol. The van der Waals surface area contributed by atoms with Crippen LogP contribution in [0.4, 0.5) is 0 Å². The van der Waals surface area contributed by atoms with E-state index in [1.54, 1.807) is 6.92 Å². The van der Waals surface area contributed by atoms with E-state index in [-0.39, 0.29) is 15.9 Å². The minimum absolute atomic E-state index is 0.0826. The predicted octanol–water partition coefficient (Wildman–Crippen LogP) is 2.02. The Balaban J connectivity index is 3.03. The van der Waals surface area contributed by atoms with Gasteiger partial charge in [-0.15, -0.1) is 0 Å². The van der Waals surface area contributed by atoms with Crippen molar-refractivity contribution in [2.24, 2.45) is 5.41 Å². The lowest BCUT2D eigenvalue weighted by Crippen LogP contribution is -2.32. The summed E-state index contributed by atoms with van der Waals surface area (Å²) < 4.78 is 26.6. The molecule has 0 unspecified atom stereocenters. The third-order valence-corrected chi connectivity index (χ3v) is 3.93. The first-order valence-electron chi connectivity index (χ1n) is 5.86. The molecule has 0 atom stereocenters. The third-order valence-electron chi connectivity index (χ3n) is 2.53. The summed E-state index contributed by atoms with van der Waals surface area (Å²) in [5.41, 5.74) is 0.365. The summed E-state index contributed by atoms with van der Waals surface area (Å²) in [7, 11) is -3.60. The third kappa shape index (κ3) is 4.33. The van der Waals surface area contributed by atoms with Crippen molar-refractivity contribution in [3.63, 3.8) is 0 Å². The van der Waals surface area contributed by atoms with Crippen molar-refractivity contribution in [3.8, 4) is 0 Å². The maximum absolute atomic E-state index is 12.1. The number of hydrogen-bond acceptors (Lipinski definition) is 3. The molecular formula is C13H19NO4S. The molecule has 0 heterocycles. The maximum atomic E-state index is 12.1. The quantitative estimate of drug-likeness (QED) is 0.886. The standard InChI is InChI=1S/C13H19NO4S/c1-9-7-10(5-6-11(9)12(15)16)19(17,18)14-8-13(2,3)4/h5-7,14H,8H2,1-4H3,(H,15,16). The zero-order valence-corrected chi connectivity index (χ0v) is 12.3. The normalized spacial score (nSPS) is 12.4. The van der Waals surface area contributed by atoms with E-state index in [4.69, 9.17) is 5.11 Å².